The molecule has 2 atom stereocenters. The number of hydrogen-bond acceptors (Lipinski definition) is 8. The molecule has 6 N–H and O–H groups in total. The smallest absolute Gasteiger partial charge is 0.249 e. The maximum absolute atomic E-state index is 13.4. The minimum atomic E-state index is -3.65. The van der Waals surface area contributed by atoms with Crippen LogP contribution in [0, 0.1) is 0 Å². The van der Waals surface area contributed by atoms with Crippen molar-refractivity contribution in [2.45, 2.75) is 18.6 Å². The number of benzene rings is 3. The van der Waals surface area contributed by atoms with E-state index in [4.69, 9.17) is 4.74 Å². The molecule has 0 aromatic heterocycles. The van der Waals surface area contributed by atoms with Crippen LogP contribution in [0.1, 0.15) is 24.2 Å². The van der Waals surface area contributed by atoms with E-state index in [0.29, 0.717) is 22.6 Å². The van der Waals surface area contributed by atoms with Crippen molar-refractivity contribution >= 4 is 27.3 Å². The van der Waals surface area contributed by atoms with Gasteiger partial charge in [0.15, 0.2) is 0 Å². The highest BCUT2D eigenvalue weighted by Gasteiger charge is 2.35. The van der Waals surface area contributed by atoms with Crippen LogP contribution in [0.2, 0.25) is 0 Å². The van der Waals surface area contributed by atoms with Gasteiger partial charge in [-0.05, 0) is 54.4 Å². The van der Waals surface area contributed by atoms with E-state index >= 15 is 0 Å². The molecule has 0 spiro atoms. The number of phenolic OH excluding ortho intramolecular Hbond substituents is 2. The number of carbonyl (C=O) groups is 1. The van der Waals surface area contributed by atoms with E-state index in [9.17, 15) is 28.5 Å². The molecule has 0 saturated heterocycles. The van der Waals surface area contributed by atoms with Crippen molar-refractivity contribution in [3.63, 3.8) is 0 Å². The van der Waals surface area contributed by atoms with Gasteiger partial charge in [0.1, 0.15) is 22.8 Å². The minimum Gasteiger partial charge on any atom is -0.508 e. The highest BCUT2D eigenvalue weighted by atomic mass is 32.2. The topological polar surface area (TPSA) is 157 Å². The lowest BCUT2D eigenvalue weighted by Gasteiger charge is -2.31. The number of anilines is 2. The number of carbonyl (C=O) groups excluding carboxylic acids is 1. The zero-order valence-corrected chi connectivity index (χ0v) is 20.8. The van der Waals surface area contributed by atoms with E-state index in [-0.39, 0.29) is 23.7 Å². The van der Waals surface area contributed by atoms with Crippen LogP contribution in [-0.4, -0.2) is 49.6 Å². The van der Waals surface area contributed by atoms with Crippen LogP contribution >= 0.6 is 0 Å². The summed E-state index contributed by atoms with van der Waals surface area (Å²) in [5, 5.41) is 36.4. The Morgan fingerprint density at radius 2 is 1.75 bits per heavy atom. The summed E-state index contributed by atoms with van der Waals surface area (Å²) in [7, 11) is -2.12. The molecule has 0 heterocycles. The Morgan fingerprint density at radius 1 is 1.06 bits per heavy atom. The fraction of sp³-hybridized carbons (Fsp3) is 0.240. The molecule has 0 bridgehead atoms. The Labute approximate surface area is 209 Å². The predicted octanol–water partition coefficient (Wildman–Crippen LogP) is 2.66. The van der Waals surface area contributed by atoms with Crippen molar-refractivity contribution in [3.05, 3.63) is 77.9 Å². The lowest BCUT2D eigenvalue weighted by molar-refractivity contribution is -0.122. The summed E-state index contributed by atoms with van der Waals surface area (Å²) < 4.78 is 30.6. The van der Waals surface area contributed by atoms with Gasteiger partial charge in [0.25, 0.3) is 0 Å². The third kappa shape index (κ3) is 6.66. The molecule has 0 fully saturated rings. The molecule has 0 aliphatic carbocycles. The first-order valence-electron chi connectivity index (χ1n) is 10.9. The molecule has 0 aliphatic rings. The van der Waals surface area contributed by atoms with Crippen molar-refractivity contribution in [2.24, 2.45) is 0 Å². The van der Waals surface area contributed by atoms with Gasteiger partial charge in [-0.25, -0.2) is 8.42 Å². The SMILES string of the molecule is COc1ccc([C@](C)(NC[C@H](O)c2ccc(O)c(NS(C)(=O)=O)c2)C(=O)Nc2cccc(O)c2)cc1. The Morgan fingerprint density at radius 3 is 2.36 bits per heavy atom. The molecule has 192 valence electrons. The Kier molecular flexibility index (Phi) is 8.08. The monoisotopic (exact) mass is 515 g/mol. The van der Waals surface area contributed by atoms with Crippen LogP contribution in [0.15, 0.2) is 66.7 Å². The van der Waals surface area contributed by atoms with Crippen molar-refractivity contribution in [1.29, 1.82) is 0 Å². The number of hydrogen-bond donors (Lipinski definition) is 6. The molecule has 0 aliphatic heterocycles. The van der Waals surface area contributed by atoms with Gasteiger partial charge in [-0.3, -0.25) is 14.8 Å². The van der Waals surface area contributed by atoms with Gasteiger partial charge in [0.2, 0.25) is 15.9 Å². The molecule has 11 heteroatoms. The van der Waals surface area contributed by atoms with Gasteiger partial charge in [-0.15, -0.1) is 0 Å². The van der Waals surface area contributed by atoms with E-state index in [1.165, 1.54) is 37.4 Å². The number of nitrogens with one attached hydrogen (secondary N) is 3. The molecular weight excluding hydrogens is 486 g/mol. The minimum absolute atomic E-state index is 0.00632. The lowest BCUT2D eigenvalue weighted by Crippen LogP contribution is -2.50. The first kappa shape index (κ1) is 26.8. The molecule has 36 heavy (non-hydrogen) atoms. The molecule has 3 rings (SSSR count). The van der Waals surface area contributed by atoms with Crippen molar-refractivity contribution in [1.82, 2.24) is 5.32 Å². The first-order valence-corrected chi connectivity index (χ1v) is 12.8. The van der Waals surface area contributed by atoms with E-state index in [0.717, 1.165) is 6.26 Å². The van der Waals surface area contributed by atoms with Gasteiger partial charge < -0.3 is 25.4 Å². The van der Waals surface area contributed by atoms with Gasteiger partial charge in [0.05, 0.1) is 25.2 Å². The van der Waals surface area contributed by atoms with Gasteiger partial charge in [0, 0.05) is 18.3 Å². The average Bonchev–Trinajstić information content (AvgIpc) is 2.83. The number of aromatic hydroxyl groups is 2. The largest absolute Gasteiger partial charge is 0.508 e. The Hall–Kier alpha value is -3.80. The first-order chi connectivity index (χ1) is 16.9. The molecular formula is C25H29N3O7S. The number of amides is 1. The molecule has 3 aromatic carbocycles. The summed E-state index contributed by atoms with van der Waals surface area (Å²) in [4.78, 5) is 13.4. The van der Waals surface area contributed by atoms with E-state index in [2.05, 4.69) is 15.4 Å². The average molecular weight is 516 g/mol. The summed E-state index contributed by atoms with van der Waals surface area (Å²) >= 11 is 0. The van der Waals surface area contributed by atoms with Gasteiger partial charge >= 0.3 is 0 Å². The highest BCUT2D eigenvalue weighted by molar-refractivity contribution is 7.92. The maximum atomic E-state index is 13.4. The summed E-state index contributed by atoms with van der Waals surface area (Å²) in [6.07, 6.45) is -0.209. The molecule has 3 aromatic rings. The van der Waals surface area contributed by atoms with E-state index in [1.807, 2.05) is 0 Å². The fourth-order valence-corrected chi connectivity index (χ4v) is 4.10. The second kappa shape index (κ2) is 10.9. The van der Waals surface area contributed by atoms with Gasteiger partial charge in [-0.1, -0.05) is 24.3 Å². The number of rotatable bonds is 10. The van der Waals surface area contributed by atoms with Gasteiger partial charge in [-0.2, -0.15) is 0 Å². The van der Waals surface area contributed by atoms with Crippen molar-refractivity contribution in [2.75, 3.05) is 29.9 Å². The zero-order valence-electron chi connectivity index (χ0n) is 20.0. The van der Waals surface area contributed by atoms with Crippen LogP contribution in [0.4, 0.5) is 11.4 Å². The fourth-order valence-electron chi connectivity index (χ4n) is 3.54. The summed E-state index contributed by atoms with van der Waals surface area (Å²) in [5.74, 6) is -0.147. The molecule has 0 radical (unpaired) electrons. The standard InChI is InChI=1S/C25H29N3O7S/c1-25(17-8-10-20(35-2)11-9-17,24(32)27-18-5-4-6-19(29)14-18)26-15-23(31)16-7-12-22(30)21(13-16)28-36(3,33)34/h4-14,23,26,28-31H,15H2,1-3H3,(H,27,32)/t23-,25-/m0/s1. The third-order valence-corrected chi connectivity index (χ3v) is 6.17. The normalized spacial score (nSPS) is 13.9. The summed E-state index contributed by atoms with van der Waals surface area (Å²) in [6, 6.07) is 17.0. The van der Waals surface area contributed by atoms with Crippen molar-refractivity contribution < 1.29 is 33.3 Å². The number of aliphatic hydroxyl groups is 1. The highest BCUT2D eigenvalue weighted by Crippen LogP contribution is 2.30. The number of ether oxygens (including phenoxy) is 1. The number of aliphatic hydroxyl groups excluding tert-OH is 1. The second-order valence-electron chi connectivity index (χ2n) is 8.41. The summed E-state index contributed by atoms with van der Waals surface area (Å²) in [6.45, 7) is 1.55. The molecule has 0 unspecified atom stereocenters. The van der Waals surface area contributed by atoms with Crippen LogP contribution in [-0.2, 0) is 20.4 Å². The van der Waals surface area contributed by atoms with Crippen LogP contribution in [0.5, 0.6) is 17.2 Å². The number of methoxy groups -OCH3 is 1. The number of phenols is 2. The Bertz CT molecular complexity index is 1330. The third-order valence-electron chi connectivity index (χ3n) is 5.58. The van der Waals surface area contributed by atoms with Crippen molar-refractivity contribution in [3.8, 4) is 17.2 Å². The molecule has 0 saturated carbocycles. The predicted molar refractivity (Wildman–Crippen MR) is 137 cm³/mol. The van der Waals surface area contributed by atoms with Crippen LogP contribution in [0.25, 0.3) is 0 Å². The summed E-state index contributed by atoms with van der Waals surface area (Å²) in [5.41, 5.74) is -0.121. The quantitative estimate of drug-likeness (QED) is 0.225. The van der Waals surface area contributed by atoms with E-state index < -0.39 is 27.6 Å². The number of sulfonamides is 1. The second-order valence-corrected chi connectivity index (χ2v) is 10.2. The molecule has 1 amide bonds. The van der Waals surface area contributed by atoms with Crippen LogP contribution < -0.4 is 20.1 Å². The van der Waals surface area contributed by atoms with E-state index in [1.54, 1.807) is 43.3 Å². The zero-order chi connectivity index (χ0) is 26.5. The Balaban J connectivity index is 1.87. The lowest BCUT2D eigenvalue weighted by atomic mass is 9.90. The van der Waals surface area contributed by atoms with Crippen LogP contribution in [0.3, 0.4) is 0 Å². The maximum Gasteiger partial charge on any atom is 0.249 e. The molecule has 10 nitrogen and oxygen atoms in total.